The van der Waals surface area contributed by atoms with Crippen molar-refractivity contribution >= 4 is 29.0 Å². The monoisotopic (exact) mass is 410 g/mol. The summed E-state index contributed by atoms with van der Waals surface area (Å²) in [6, 6.07) is 17.6. The number of carbonyl (C=O) groups excluding carboxylic acids is 1. The van der Waals surface area contributed by atoms with Gasteiger partial charge >= 0.3 is 5.97 Å². The average Bonchev–Trinajstić information content (AvgIpc) is 3.37. The molecule has 8 heteroatoms. The number of hydrogen-bond acceptors (Lipinski definition) is 7. The highest BCUT2D eigenvalue weighted by atomic mass is 35.5. The molecule has 1 atom stereocenters. The Morgan fingerprint density at radius 2 is 1.97 bits per heavy atom. The number of esters is 1. The predicted molar refractivity (Wildman–Crippen MR) is 109 cm³/mol. The lowest BCUT2D eigenvalue weighted by molar-refractivity contribution is -0.142. The summed E-state index contributed by atoms with van der Waals surface area (Å²) in [5.41, 5.74) is 2.72. The number of para-hydroxylation sites is 1. The van der Waals surface area contributed by atoms with E-state index in [1.165, 1.54) is 0 Å². The van der Waals surface area contributed by atoms with Gasteiger partial charge in [-0.25, -0.2) is 0 Å². The SMILES string of the molecule is CCOC(=O)Cc1nc(C2=NN(c3ccccc3)C(c3ccc(Cl)cc3)C2)no1. The molecule has 3 aromatic rings. The molecule has 4 rings (SSSR count). The molecule has 0 fully saturated rings. The zero-order chi connectivity index (χ0) is 20.2. The standard InChI is InChI=1S/C21H19ClN4O3/c1-2-28-20(27)13-19-23-21(25-29-19)17-12-18(14-8-10-15(22)11-9-14)26(24-17)16-6-4-3-5-7-16/h3-11,18H,2,12-13H2,1H3. The Kier molecular flexibility index (Phi) is 5.57. The lowest BCUT2D eigenvalue weighted by Crippen LogP contribution is -2.18. The second kappa shape index (κ2) is 8.45. The molecule has 1 aromatic heterocycles. The van der Waals surface area contributed by atoms with E-state index in [-0.39, 0.29) is 18.4 Å². The smallest absolute Gasteiger partial charge is 0.315 e. The maximum atomic E-state index is 11.6. The fraction of sp³-hybridized carbons (Fsp3) is 0.238. The van der Waals surface area contributed by atoms with Crippen molar-refractivity contribution in [3.05, 3.63) is 76.9 Å². The van der Waals surface area contributed by atoms with Gasteiger partial charge in [0, 0.05) is 11.4 Å². The van der Waals surface area contributed by atoms with Crippen LogP contribution in [0.3, 0.4) is 0 Å². The maximum Gasteiger partial charge on any atom is 0.315 e. The number of ether oxygens (including phenoxy) is 1. The Balaban J connectivity index is 1.62. The normalized spacial score (nSPS) is 16.0. The molecule has 0 aliphatic carbocycles. The van der Waals surface area contributed by atoms with Crippen LogP contribution in [0.5, 0.6) is 0 Å². The van der Waals surface area contributed by atoms with Gasteiger partial charge in [-0.1, -0.05) is 47.1 Å². The molecule has 0 spiro atoms. The molecule has 0 N–H and O–H groups in total. The van der Waals surface area contributed by atoms with E-state index in [9.17, 15) is 4.79 Å². The molecule has 2 heterocycles. The summed E-state index contributed by atoms with van der Waals surface area (Å²) in [5.74, 6) is 0.185. The molecule has 2 aromatic carbocycles. The molecule has 148 valence electrons. The summed E-state index contributed by atoms with van der Waals surface area (Å²) in [4.78, 5) is 16.0. The van der Waals surface area contributed by atoms with Gasteiger partial charge in [-0.15, -0.1) is 0 Å². The Labute approximate surface area is 172 Å². The van der Waals surface area contributed by atoms with Crippen LogP contribution < -0.4 is 5.01 Å². The van der Waals surface area contributed by atoms with Crippen molar-refractivity contribution < 1.29 is 14.1 Å². The number of benzene rings is 2. The molecule has 0 radical (unpaired) electrons. The van der Waals surface area contributed by atoms with Crippen LogP contribution in [-0.2, 0) is 16.0 Å². The Bertz CT molecular complexity index is 1020. The van der Waals surface area contributed by atoms with Crippen molar-refractivity contribution in [2.24, 2.45) is 5.10 Å². The van der Waals surface area contributed by atoms with Gasteiger partial charge in [0.2, 0.25) is 11.7 Å². The number of hydrazone groups is 1. The zero-order valence-corrected chi connectivity index (χ0v) is 16.5. The number of rotatable bonds is 6. The van der Waals surface area contributed by atoms with Gasteiger partial charge in [0.1, 0.15) is 12.1 Å². The first-order valence-corrected chi connectivity index (χ1v) is 9.67. The van der Waals surface area contributed by atoms with Crippen molar-refractivity contribution in [3.63, 3.8) is 0 Å². The van der Waals surface area contributed by atoms with Crippen LogP contribution >= 0.6 is 11.6 Å². The number of halogens is 1. The highest BCUT2D eigenvalue weighted by Crippen LogP contribution is 2.36. The quantitative estimate of drug-likeness (QED) is 0.567. The third-order valence-electron chi connectivity index (χ3n) is 4.51. The summed E-state index contributed by atoms with van der Waals surface area (Å²) in [7, 11) is 0. The highest BCUT2D eigenvalue weighted by molar-refractivity contribution is 6.30. The first-order valence-electron chi connectivity index (χ1n) is 9.30. The third kappa shape index (κ3) is 4.30. The summed E-state index contributed by atoms with van der Waals surface area (Å²) in [6.45, 7) is 2.06. The topological polar surface area (TPSA) is 80.8 Å². The van der Waals surface area contributed by atoms with E-state index in [0.29, 0.717) is 29.6 Å². The van der Waals surface area contributed by atoms with E-state index >= 15 is 0 Å². The van der Waals surface area contributed by atoms with Gasteiger partial charge in [-0.05, 0) is 36.8 Å². The minimum atomic E-state index is -0.402. The highest BCUT2D eigenvalue weighted by Gasteiger charge is 2.32. The molecular weight excluding hydrogens is 392 g/mol. The average molecular weight is 411 g/mol. The number of nitrogens with zero attached hydrogens (tertiary/aromatic N) is 4. The second-order valence-corrected chi connectivity index (χ2v) is 6.93. The molecule has 0 saturated carbocycles. The van der Waals surface area contributed by atoms with E-state index in [1.54, 1.807) is 6.92 Å². The Morgan fingerprint density at radius 3 is 2.69 bits per heavy atom. The van der Waals surface area contributed by atoms with E-state index in [0.717, 1.165) is 11.3 Å². The minimum absolute atomic E-state index is 0.0309. The fourth-order valence-electron chi connectivity index (χ4n) is 3.19. The zero-order valence-electron chi connectivity index (χ0n) is 15.8. The van der Waals surface area contributed by atoms with Gasteiger partial charge in [-0.3, -0.25) is 9.80 Å². The number of aromatic nitrogens is 2. The summed E-state index contributed by atoms with van der Waals surface area (Å²) >= 11 is 6.05. The van der Waals surface area contributed by atoms with Gasteiger partial charge < -0.3 is 9.26 Å². The first-order chi connectivity index (χ1) is 14.1. The fourth-order valence-corrected chi connectivity index (χ4v) is 3.31. The van der Waals surface area contributed by atoms with Crippen molar-refractivity contribution in [3.8, 4) is 0 Å². The summed E-state index contributed by atoms with van der Waals surface area (Å²) in [6.07, 6.45) is 0.534. The van der Waals surface area contributed by atoms with Crippen molar-refractivity contribution in [2.45, 2.75) is 25.8 Å². The summed E-state index contributed by atoms with van der Waals surface area (Å²) < 4.78 is 10.1. The van der Waals surface area contributed by atoms with Crippen molar-refractivity contribution in [2.75, 3.05) is 11.6 Å². The van der Waals surface area contributed by atoms with Gasteiger partial charge in [-0.2, -0.15) is 10.1 Å². The molecule has 1 unspecified atom stereocenters. The van der Waals surface area contributed by atoms with Crippen LogP contribution in [0, 0.1) is 0 Å². The second-order valence-electron chi connectivity index (χ2n) is 6.49. The van der Waals surface area contributed by atoms with Crippen molar-refractivity contribution in [1.82, 2.24) is 10.1 Å². The van der Waals surface area contributed by atoms with Crippen LogP contribution in [0.2, 0.25) is 5.02 Å². The van der Waals surface area contributed by atoms with E-state index < -0.39 is 5.97 Å². The van der Waals surface area contributed by atoms with Crippen molar-refractivity contribution in [1.29, 1.82) is 0 Å². The van der Waals surface area contributed by atoms with Gasteiger partial charge in [0.25, 0.3) is 0 Å². The van der Waals surface area contributed by atoms with E-state index in [4.69, 9.17) is 26.0 Å². The van der Waals surface area contributed by atoms with Gasteiger partial charge in [0.05, 0.1) is 18.3 Å². The molecule has 0 amide bonds. The molecule has 0 saturated heterocycles. The number of carbonyl (C=O) groups is 1. The van der Waals surface area contributed by atoms with Gasteiger partial charge in [0.15, 0.2) is 0 Å². The molecule has 1 aliphatic heterocycles. The largest absolute Gasteiger partial charge is 0.466 e. The van der Waals surface area contributed by atoms with Crippen LogP contribution in [0.4, 0.5) is 5.69 Å². The summed E-state index contributed by atoms with van der Waals surface area (Å²) in [5, 5.41) is 11.4. The van der Waals surface area contributed by atoms with Crippen LogP contribution in [0.1, 0.15) is 36.7 Å². The molecular formula is C21H19ClN4O3. The predicted octanol–water partition coefficient (Wildman–Crippen LogP) is 4.18. The molecule has 7 nitrogen and oxygen atoms in total. The maximum absolute atomic E-state index is 11.6. The van der Waals surface area contributed by atoms with E-state index in [1.807, 2.05) is 59.6 Å². The number of hydrogen-bond donors (Lipinski definition) is 0. The Hall–Kier alpha value is -3.19. The lowest BCUT2D eigenvalue weighted by atomic mass is 10.0. The van der Waals surface area contributed by atoms with Crippen LogP contribution in [0.15, 0.2) is 64.2 Å². The number of anilines is 1. The Morgan fingerprint density at radius 1 is 1.21 bits per heavy atom. The lowest BCUT2D eigenvalue weighted by Gasteiger charge is -2.24. The minimum Gasteiger partial charge on any atom is -0.466 e. The van der Waals surface area contributed by atoms with Crippen LogP contribution in [0.25, 0.3) is 0 Å². The third-order valence-corrected chi connectivity index (χ3v) is 4.76. The molecule has 0 bridgehead atoms. The molecule has 29 heavy (non-hydrogen) atoms. The van der Waals surface area contributed by atoms with E-state index in [2.05, 4.69) is 10.1 Å². The first kappa shape index (κ1) is 19.1. The van der Waals surface area contributed by atoms with Crippen LogP contribution in [-0.4, -0.2) is 28.4 Å². The molecule has 1 aliphatic rings.